The number of hydrogen-bond acceptors (Lipinski definition) is 9. The topological polar surface area (TPSA) is 110 Å². The Morgan fingerprint density at radius 2 is 1.94 bits per heavy atom. The molecular formula is C21H26N6O4. The number of amides is 1. The molecule has 1 atom stereocenters. The second kappa shape index (κ2) is 8.37. The summed E-state index contributed by atoms with van der Waals surface area (Å²) in [4.78, 5) is 41.5. The maximum absolute atomic E-state index is 12.8. The molecule has 0 spiro atoms. The summed E-state index contributed by atoms with van der Waals surface area (Å²) in [6.07, 6.45) is 7.51. The van der Waals surface area contributed by atoms with Crippen LogP contribution in [0.25, 0.3) is 0 Å². The van der Waals surface area contributed by atoms with Crippen molar-refractivity contribution in [2.45, 2.75) is 44.7 Å². The number of anilines is 4. The Kier molecular flexibility index (Phi) is 5.62. The molecule has 3 heterocycles. The Balaban J connectivity index is 1.69. The zero-order chi connectivity index (χ0) is 22.1. The summed E-state index contributed by atoms with van der Waals surface area (Å²) < 4.78 is 10.1. The number of methoxy groups -OCH3 is 2. The van der Waals surface area contributed by atoms with Gasteiger partial charge in [0.05, 0.1) is 26.6 Å². The molecule has 0 bridgehead atoms. The lowest BCUT2D eigenvalue weighted by Gasteiger charge is -2.42. The minimum absolute atomic E-state index is 0.0352. The number of aromatic nitrogens is 3. The van der Waals surface area contributed by atoms with Crippen LogP contribution >= 0.6 is 0 Å². The van der Waals surface area contributed by atoms with Crippen molar-refractivity contribution in [2.24, 2.45) is 0 Å². The van der Waals surface area contributed by atoms with Gasteiger partial charge in [-0.1, -0.05) is 12.8 Å². The molecule has 0 saturated heterocycles. The normalized spacial score (nSPS) is 18.7. The van der Waals surface area contributed by atoms with Gasteiger partial charge in [0.25, 0.3) is 0 Å². The van der Waals surface area contributed by atoms with Gasteiger partial charge >= 0.3 is 5.97 Å². The Labute approximate surface area is 180 Å². The summed E-state index contributed by atoms with van der Waals surface area (Å²) in [5, 5.41) is 3.12. The first-order valence-corrected chi connectivity index (χ1v) is 10.3. The Hall–Kier alpha value is -3.43. The van der Waals surface area contributed by atoms with E-state index in [-0.39, 0.29) is 23.7 Å². The highest BCUT2D eigenvalue weighted by Crippen LogP contribution is 2.39. The predicted octanol–water partition coefficient (Wildman–Crippen LogP) is 2.52. The van der Waals surface area contributed by atoms with E-state index in [9.17, 15) is 9.59 Å². The molecule has 1 N–H and O–H groups in total. The molecule has 10 nitrogen and oxygen atoms in total. The van der Waals surface area contributed by atoms with Crippen LogP contribution in [0.4, 0.5) is 23.1 Å². The number of ether oxygens (including phenoxy) is 2. The number of hydrogen-bond donors (Lipinski definition) is 1. The number of fused-ring (bicyclic) bond motifs is 1. The van der Waals surface area contributed by atoms with Gasteiger partial charge in [-0.3, -0.25) is 4.79 Å². The lowest BCUT2D eigenvalue weighted by molar-refractivity contribution is -0.119. The third kappa shape index (κ3) is 3.73. The molecule has 2 aromatic heterocycles. The average molecular weight is 426 g/mol. The van der Waals surface area contributed by atoms with E-state index in [2.05, 4.69) is 20.2 Å². The van der Waals surface area contributed by atoms with Crippen LogP contribution in [0.5, 0.6) is 5.75 Å². The van der Waals surface area contributed by atoms with Gasteiger partial charge in [0.15, 0.2) is 11.5 Å². The van der Waals surface area contributed by atoms with Crippen molar-refractivity contribution >= 4 is 35.0 Å². The summed E-state index contributed by atoms with van der Waals surface area (Å²) in [6, 6.07) is 1.48. The second-order valence-electron chi connectivity index (χ2n) is 7.71. The number of likely N-dealkylation sites (N-methyl/N-ethyl adjacent to an activating group) is 1. The van der Waals surface area contributed by atoms with Crippen molar-refractivity contribution in [3.8, 4) is 5.75 Å². The number of rotatable bonds is 5. The molecular weight excluding hydrogens is 400 g/mol. The van der Waals surface area contributed by atoms with E-state index in [0.717, 1.165) is 31.5 Å². The van der Waals surface area contributed by atoms with Gasteiger partial charge in [0.1, 0.15) is 23.2 Å². The van der Waals surface area contributed by atoms with Gasteiger partial charge in [-0.05, 0) is 19.8 Å². The zero-order valence-electron chi connectivity index (χ0n) is 18.1. The molecule has 1 amide bonds. The van der Waals surface area contributed by atoms with Gasteiger partial charge in [-0.2, -0.15) is 4.98 Å². The van der Waals surface area contributed by atoms with Crippen LogP contribution in [-0.2, 0) is 9.53 Å². The van der Waals surface area contributed by atoms with Crippen molar-refractivity contribution in [1.29, 1.82) is 0 Å². The second-order valence-corrected chi connectivity index (χ2v) is 7.71. The third-order valence-corrected chi connectivity index (χ3v) is 5.91. The summed E-state index contributed by atoms with van der Waals surface area (Å²) in [5.74, 6) is 0.974. The Morgan fingerprint density at radius 1 is 1.19 bits per heavy atom. The standard InChI is InChI=1S/C21H26N6O4/c1-12-19(28)26(2)16-11-23-21(25-18(16)27(12)13-7-5-6-8-13)24-15-10-22-14(20(29)31-4)9-17(15)30-3/h9-13H,5-8H2,1-4H3,(H,23,24,25)/t12-/m1/s1. The zero-order valence-corrected chi connectivity index (χ0v) is 18.1. The van der Waals surface area contributed by atoms with Crippen molar-refractivity contribution in [3.05, 3.63) is 24.2 Å². The molecule has 2 aliphatic rings. The molecule has 0 aromatic carbocycles. The Bertz CT molecular complexity index is 1010. The van der Waals surface area contributed by atoms with Crippen molar-refractivity contribution in [2.75, 3.05) is 36.4 Å². The van der Waals surface area contributed by atoms with Crippen molar-refractivity contribution in [1.82, 2.24) is 15.0 Å². The fourth-order valence-electron chi connectivity index (χ4n) is 4.26. The smallest absolute Gasteiger partial charge is 0.356 e. The molecule has 1 aliphatic carbocycles. The van der Waals surface area contributed by atoms with E-state index in [1.807, 2.05) is 6.92 Å². The van der Waals surface area contributed by atoms with Crippen molar-refractivity contribution in [3.63, 3.8) is 0 Å². The fourth-order valence-corrected chi connectivity index (χ4v) is 4.26. The van der Waals surface area contributed by atoms with E-state index in [4.69, 9.17) is 14.5 Å². The first-order chi connectivity index (χ1) is 14.9. The third-order valence-electron chi connectivity index (χ3n) is 5.91. The monoisotopic (exact) mass is 426 g/mol. The van der Waals surface area contributed by atoms with Gasteiger partial charge in [0, 0.05) is 19.2 Å². The molecule has 2 aromatic rings. The lowest BCUT2D eigenvalue weighted by Crippen LogP contribution is -2.54. The minimum Gasteiger partial charge on any atom is -0.494 e. The van der Waals surface area contributed by atoms with Crippen LogP contribution in [0.3, 0.4) is 0 Å². The first kappa shape index (κ1) is 20.8. The summed E-state index contributed by atoms with van der Waals surface area (Å²) in [7, 11) is 4.54. The number of nitrogens with zero attached hydrogens (tertiary/aromatic N) is 5. The van der Waals surface area contributed by atoms with Crippen LogP contribution in [0.1, 0.15) is 43.1 Å². The number of nitrogens with one attached hydrogen (secondary N) is 1. The van der Waals surface area contributed by atoms with E-state index >= 15 is 0 Å². The van der Waals surface area contributed by atoms with E-state index < -0.39 is 5.97 Å². The summed E-state index contributed by atoms with van der Waals surface area (Å²) in [5.41, 5.74) is 1.33. The number of carbonyl (C=O) groups excluding carboxylic acids is 2. The largest absolute Gasteiger partial charge is 0.494 e. The van der Waals surface area contributed by atoms with E-state index in [0.29, 0.717) is 23.1 Å². The van der Waals surface area contributed by atoms with E-state index in [1.165, 1.54) is 26.5 Å². The quantitative estimate of drug-likeness (QED) is 0.721. The fraction of sp³-hybridized carbons (Fsp3) is 0.476. The van der Waals surface area contributed by atoms with Crippen LogP contribution in [-0.4, -0.2) is 60.2 Å². The SMILES string of the molecule is COC(=O)c1cc(OC)c(Nc2ncc3c(n2)N(C2CCCC2)[C@H](C)C(=O)N3C)cn1. The van der Waals surface area contributed by atoms with E-state index in [1.54, 1.807) is 18.1 Å². The molecule has 164 valence electrons. The predicted molar refractivity (Wildman–Crippen MR) is 115 cm³/mol. The molecule has 1 saturated carbocycles. The number of esters is 1. The molecule has 31 heavy (non-hydrogen) atoms. The minimum atomic E-state index is -0.552. The Morgan fingerprint density at radius 3 is 2.61 bits per heavy atom. The molecule has 1 aliphatic heterocycles. The van der Waals surface area contributed by atoms with Crippen LogP contribution < -0.4 is 19.9 Å². The highest BCUT2D eigenvalue weighted by molar-refractivity contribution is 6.04. The average Bonchev–Trinajstić information content (AvgIpc) is 3.31. The summed E-state index contributed by atoms with van der Waals surface area (Å²) >= 11 is 0. The maximum Gasteiger partial charge on any atom is 0.356 e. The molecule has 0 unspecified atom stereocenters. The number of pyridine rings is 1. The molecule has 0 radical (unpaired) electrons. The first-order valence-electron chi connectivity index (χ1n) is 10.3. The van der Waals surface area contributed by atoms with Crippen LogP contribution in [0, 0.1) is 0 Å². The van der Waals surface area contributed by atoms with Gasteiger partial charge in [-0.25, -0.2) is 14.8 Å². The lowest BCUT2D eigenvalue weighted by atomic mass is 10.1. The molecule has 1 fully saturated rings. The van der Waals surface area contributed by atoms with Crippen LogP contribution in [0.2, 0.25) is 0 Å². The molecule has 4 rings (SSSR count). The highest BCUT2D eigenvalue weighted by atomic mass is 16.5. The molecule has 10 heteroatoms. The highest BCUT2D eigenvalue weighted by Gasteiger charge is 2.39. The summed E-state index contributed by atoms with van der Waals surface area (Å²) in [6.45, 7) is 1.92. The number of carbonyl (C=O) groups is 2. The van der Waals surface area contributed by atoms with Gasteiger partial charge in [0.2, 0.25) is 11.9 Å². The van der Waals surface area contributed by atoms with Crippen LogP contribution in [0.15, 0.2) is 18.5 Å². The maximum atomic E-state index is 12.8. The van der Waals surface area contributed by atoms with Gasteiger partial charge in [-0.15, -0.1) is 0 Å². The van der Waals surface area contributed by atoms with Crippen molar-refractivity contribution < 1.29 is 19.1 Å². The van der Waals surface area contributed by atoms with Gasteiger partial charge < -0.3 is 24.6 Å².